The summed E-state index contributed by atoms with van der Waals surface area (Å²) in [6.45, 7) is 5.88. The van der Waals surface area contributed by atoms with E-state index in [4.69, 9.17) is 0 Å². The van der Waals surface area contributed by atoms with E-state index in [0.717, 1.165) is 11.1 Å². The summed E-state index contributed by atoms with van der Waals surface area (Å²) in [5.74, 6) is -1.62. The van der Waals surface area contributed by atoms with Crippen molar-refractivity contribution in [2.45, 2.75) is 26.3 Å². The van der Waals surface area contributed by atoms with Gasteiger partial charge in [-0.1, -0.05) is 6.08 Å². The molecule has 0 unspecified atom stereocenters. The van der Waals surface area contributed by atoms with Gasteiger partial charge in [-0.25, -0.2) is 8.78 Å². The molecule has 2 rings (SSSR count). The maximum Gasteiger partial charge on any atom is 0.160 e. The minimum atomic E-state index is -0.813. The average molecular weight is 209 g/mol. The van der Waals surface area contributed by atoms with Crippen LogP contribution in [-0.4, -0.2) is 5.54 Å². The van der Waals surface area contributed by atoms with Crippen molar-refractivity contribution in [1.29, 1.82) is 0 Å². The van der Waals surface area contributed by atoms with Gasteiger partial charge in [0.05, 0.1) is 5.54 Å². The highest BCUT2D eigenvalue weighted by atomic mass is 19.2. The van der Waals surface area contributed by atoms with E-state index in [1.165, 1.54) is 12.1 Å². The number of anilines is 1. The number of rotatable bonds is 0. The molecule has 1 aliphatic rings. The lowest BCUT2D eigenvalue weighted by Crippen LogP contribution is -2.31. The van der Waals surface area contributed by atoms with E-state index < -0.39 is 11.6 Å². The second-order valence-corrected chi connectivity index (χ2v) is 4.49. The molecule has 0 amide bonds. The zero-order valence-electron chi connectivity index (χ0n) is 8.99. The molecule has 0 saturated heterocycles. The highest BCUT2D eigenvalue weighted by molar-refractivity contribution is 5.80. The minimum absolute atomic E-state index is 0.221. The zero-order chi connectivity index (χ0) is 11.2. The molecule has 0 aromatic heterocycles. The van der Waals surface area contributed by atoms with Crippen LogP contribution < -0.4 is 5.32 Å². The number of hydrogen-bond donors (Lipinski definition) is 1. The van der Waals surface area contributed by atoms with Crippen LogP contribution in [0.5, 0.6) is 0 Å². The summed E-state index contributed by atoms with van der Waals surface area (Å²) in [4.78, 5) is 0. The monoisotopic (exact) mass is 209 g/mol. The Balaban J connectivity index is 2.61. The van der Waals surface area contributed by atoms with Gasteiger partial charge < -0.3 is 5.32 Å². The number of allylic oxidation sites excluding steroid dienone is 1. The van der Waals surface area contributed by atoms with Gasteiger partial charge in [0.15, 0.2) is 11.6 Å². The molecule has 15 heavy (non-hydrogen) atoms. The van der Waals surface area contributed by atoms with Crippen LogP contribution in [0.3, 0.4) is 0 Å². The second kappa shape index (κ2) is 3.05. The predicted octanol–water partition coefficient (Wildman–Crippen LogP) is 3.57. The summed E-state index contributed by atoms with van der Waals surface area (Å²) in [5, 5.41) is 3.15. The Bertz CT molecular complexity index is 447. The predicted molar refractivity (Wildman–Crippen MR) is 57.7 cm³/mol. The third-order valence-corrected chi connectivity index (χ3v) is 2.52. The minimum Gasteiger partial charge on any atom is -0.376 e. The zero-order valence-corrected chi connectivity index (χ0v) is 8.99. The van der Waals surface area contributed by atoms with Gasteiger partial charge >= 0.3 is 0 Å². The van der Waals surface area contributed by atoms with Crippen molar-refractivity contribution in [2.24, 2.45) is 0 Å². The molecule has 0 saturated carbocycles. The lowest BCUT2D eigenvalue weighted by molar-refractivity contribution is 0.508. The van der Waals surface area contributed by atoms with Gasteiger partial charge in [0, 0.05) is 17.3 Å². The summed E-state index contributed by atoms with van der Waals surface area (Å²) >= 11 is 0. The van der Waals surface area contributed by atoms with Gasteiger partial charge in [-0.05, 0) is 32.4 Å². The summed E-state index contributed by atoms with van der Waals surface area (Å²) < 4.78 is 26.1. The Morgan fingerprint density at radius 3 is 2.40 bits per heavy atom. The van der Waals surface area contributed by atoms with Crippen LogP contribution >= 0.6 is 0 Å². The van der Waals surface area contributed by atoms with Gasteiger partial charge in [0.1, 0.15) is 0 Å². The normalized spacial score (nSPS) is 17.8. The maximum absolute atomic E-state index is 13.1. The van der Waals surface area contributed by atoms with E-state index in [-0.39, 0.29) is 5.54 Å². The summed E-state index contributed by atoms with van der Waals surface area (Å²) in [7, 11) is 0. The first-order valence-corrected chi connectivity index (χ1v) is 4.86. The standard InChI is InChI=1S/C12H13F2N/c1-7-6-12(2,3)15-11-5-10(14)9(13)4-8(7)11/h4-6,15H,1-3H3. The second-order valence-electron chi connectivity index (χ2n) is 4.49. The third-order valence-electron chi connectivity index (χ3n) is 2.52. The lowest BCUT2D eigenvalue weighted by atomic mass is 9.91. The highest BCUT2D eigenvalue weighted by Gasteiger charge is 2.23. The number of fused-ring (bicyclic) bond motifs is 1. The molecular formula is C12H13F2N. The lowest BCUT2D eigenvalue weighted by Gasteiger charge is -2.31. The fourth-order valence-corrected chi connectivity index (χ4v) is 1.98. The Morgan fingerprint density at radius 1 is 1.13 bits per heavy atom. The first-order valence-electron chi connectivity index (χ1n) is 4.86. The highest BCUT2D eigenvalue weighted by Crippen LogP contribution is 2.34. The summed E-state index contributed by atoms with van der Waals surface area (Å²) in [6.07, 6.45) is 2.01. The largest absolute Gasteiger partial charge is 0.376 e. The third kappa shape index (κ3) is 1.74. The molecule has 0 fully saturated rings. The molecular weight excluding hydrogens is 196 g/mol. The molecule has 1 aromatic rings. The van der Waals surface area contributed by atoms with Crippen LogP contribution in [0.25, 0.3) is 5.57 Å². The first-order chi connectivity index (χ1) is 6.89. The molecule has 3 heteroatoms. The SMILES string of the molecule is CC1=CC(C)(C)Nc2cc(F)c(F)cc21. The van der Waals surface area contributed by atoms with Gasteiger partial charge in [-0.3, -0.25) is 0 Å². The van der Waals surface area contributed by atoms with Gasteiger partial charge in [0.25, 0.3) is 0 Å². The summed E-state index contributed by atoms with van der Waals surface area (Å²) in [6, 6.07) is 2.45. The van der Waals surface area contributed by atoms with Gasteiger partial charge in [-0.2, -0.15) is 0 Å². The van der Waals surface area contributed by atoms with Crippen LogP contribution in [0.2, 0.25) is 0 Å². The van der Waals surface area contributed by atoms with Crippen molar-refractivity contribution < 1.29 is 8.78 Å². The molecule has 0 radical (unpaired) electrons. The average Bonchev–Trinajstić information content (AvgIpc) is 2.07. The van der Waals surface area contributed by atoms with Crippen LogP contribution in [0.1, 0.15) is 26.3 Å². The van der Waals surface area contributed by atoms with Crippen molar-refractivity contribution in [3.63, 3.8) is 0 Å². The molecule has 1 nitrogen and oxygen atoms in total. The van der Waals surface area contributed by atoms with Gasteiger partial charge in [-0.15, -0.1) is 0 Å². The van der Waals surface area contributed by atoms with Crippen LogP contribution in [-0.2, 0) is 0 Å². The van der Waals surface area contributed by atoms with Crippen molar-refractivity contribution >= 4 is 11.3 Å². The van der Waals surface area contributed by atoms with E-state index in [2.05, 4.69) is 5.32 Å². The quantitative estimate of drug-likeness (QED) is 0.688. The van der Waals surface area contributed by atoms with E-state index in [9.17, 15) is 8.78 Å². The number of benzene rings is 1. The molecule has 80 valence electrons. The Hall–Kier alpha value is -1.38. The van der Waals surface area contributed by atoms with Gasteiger partial charge in [0.2, 0.25) is 0 Å². The fourth-order valence-electron chi connectivity index (χ4n) is 1.98. The van der Waals surface area contributed by atoms with Crippen molar-refractivity contribution in [2.75, 3.05) is 5.32 Å². The van der Waals surface area contributed by atoms with Crippen molar-refractivity contribution in [3.8, 4) is 0 Å². The number of nitrogens with one attached hydrogen (secondary N) is 1. The van der Waals surface area contributed by atoms with Crippen LogP contribution in [0.4, 0.5) is 14.5 Å². The molecule has 0 atom stereocenters. The van der Waals surface area contributed by atoms with E-state index in [0.29, 0.717) is 5.69 Å². The molecule has 1 aromatic carbocycles. The molecule has 1 N–H and O–H groups in total. The Morgan fingerprint density at radius 2 is 1.73 bits per heavy atom. The van der Waals surface area contributed by atoms with E-state index in [1.807, 2.05) is 26.8 Å². The molecule has 0 spiro atoms. The molecule has 0 bridgehead atoms. The van der Waals surface area contributed by atoms with E-state index >= 15 is 0 Å². The van der Waals surface area contributed by atoms with Crippen LogP contribution in [0, 0.1) is 11.6 Å². The van der Waals surface area contributed by atoms with Crippen molar-refractivity contribution in [3.05, 3.63) is 35.4 Å². The smallest absolute Gasteiger partial charge is 0.160 e. The summed E-state index contributed by atoms with van der Waals surface area (Å²) in [5.41, 5.74) is 2.13. The Labute approximate surface area is 87.8 Å². The topological polar surface area (TPSA) is 12.0 Å². The molecule has 1 aliphatic heterocycles. The Kier molecular flexibility index (Phi) is 2.07. The fraction of sp³-hybridized carbons (Fsp3) is 0.333. The van der Waals surface area contributed by atoms with Crippen molar-refractivity contribution in [1.82, 2.24) is 0 Å². The van der Waals surface area contributed by atoms with Crippen LogP contribution in [0.15, 0.2) is 18.2 Å². The first kappa shape index (κ1) is 10.1. The maximum atomic E-state index is 13.1. The van der Waals surface area contributed by atoms with E-state index in [1.54, 1.807) is 0 Å². The number of halogens is 2. The molecule has 0 aliphatic carbocycles. The molecule has 1 heterocycles. The number of hydrogen-bond acceptors (Lipinski definition) is 1.